The summed E-state index contributed by atoms with van der Waals surface area (Å²) < 4.78 is 5.02. The molecule has 0 radical (unpaired) electrons. The highest BCUT2D eigenvalue weighted by molar-refractivity contribution is 6.32. The van der Waals surface area contributed by atoms with Crippen LogP contribution in [0.25, 0.3) is 0 Å². The molecule has 1 N–H and O–H groups in total. The Labute approximate surface area is 177 Å². The molecule has 0 heterocycles. The molecule has 3 aromatic carbocycles. The quantitative estimate of drug-likeness (QED) is 0.346. The standard InChI is InChI=1S/C22H17ClN2O5/c23-18-12-11-17(13-19(18)25(28)29)22(27)30-14-20(26)24-21(15-7-3-1-4-8-15)16-9-5-2-6-10-16/h1-13,21H,14H2,(H,24,26). The van der Waals surface area contributed by atoms with Crippen molar-refractivity contribution in [3.8, 4) is 0 Å². The monoisotopic (exact) mass is 424 g/mol. The number of hydrogen-bond acceptors (Lipinski definition) is 5. The Balaban J connectivity index is 1.68. The Morgan fingerprint density at radius 3 is 2.07 bits per heavy atom. The lowest BCUT2D eigenvalue weighted by Crippen LogP contribution is -2.33. The van der Waals surface area contributed by atoms with Crippen LogP contribution in [0.3, 0.4) is 0 Å². The van der Waals surface area contributed by atoms with E-state index >= 15 is 0 Å². The van der Waals surface area contributed by atoms with Gasteiger partial charge in [-0.05, 0) is 23.3 Å². The summed E-state index contributed by atoms with van der Waals surface area (Å²) >= 11 is 5.74. The molecule has 0 bridgehead atoms. The number of hydrogen-bond donors (Lipinski definition) is 1. The number of halogens is 1. The topological polar surface area (TPSA) is 98.5 Å². The molecule has 0 unspecified atom stereocenters. The predicted octanol–water partition coefficient (Wildman–Crippen LogP) is 4.31. The molecule has 0 spiro atoms. The summed E-state index contributed by atoms with van der Waals surface area (Å²) in [6, 6.07) is 21.9. The summed E-state index contributed by atoms with van der Waals surface area (Å²) in [6.45, 7) is -0.536. The van der Waals surface area contributed by atoms with E-state index in [1.54, 1.807) is 0 Å². The fraction of sp³-hybridized carbons (Fsp3) is 0.0909. The molecule has 3 aromatic rings. The van der Waals surface area contributed by atoms with Gasteiger partial charge in [-0.25, -0.2) is 4.79 Å². The van der Waals surface area contributed by atoms with E-state index in [-0.39, 0.29) is 10.6 Å². The molecule has 0 saturated carbocycles. The van der Waals surface area contributed by atoms with E-state index in [1.165, 1.54) is 12.1 Å². The van der Waals surface area contributed by atoms with Gasteiger partial charge in [-0.3, -0.25) is 14.9 Å². The van der Waals surface area contributed by atoms with E-state index < -0.39 is 35.1 Å². The molecule has 1 amide bonds. The van der Waals surface area contributed by atoms with E-state index in [1.807, 2.05) is 60.7 Å². The number of amides is 1. The van der Waals surface area contributed by atoms with Gasteiger partial charge in [0.1, 0.15) is 5.02 Å². The van der Waals surface area contributed by atoms with Crippen LogP contribution in [-0.2, 0) is 9.53 Å². The molecule has 7 nitrogen and oxygen atoms in total. The molecule has 0 aromatic heterocycles. The lowest BCUT2D eigenvalue weighted by Gasteiger charge is -2.20. The van der Waals surface area contributed by atoms with Crippen LogP contribution in [0.1, 0.15) is 27.5 Å². The fourth-order valence-electron chi connectivity index (χ4n) is 2.85. The number of carbonyl (C=O) groups excluding carboxylic acids is 2. The molecule has 0 fully saturated rings. The van der Waals surface area contributed by atoms with E-state index in [0.29, 0.717) is 0 Å². The van der Waals surface area contributed by atoms with Crippen molar-refractivity contribution in [2.75, 3.05) is 6.61 Å². The predicted molar refractivity (Wildman–Crippen MR) is 111 cm³/mol. The lowest BCUT2D eigenvalue weighted by atomic mass is 9.99. The van der Waals surface area contributed by atoms with Crippen molar-refractivity contribution < 1.29 is 19.2 Å². The van der Waals surface area contributed by atoms with Gasteiger partial charge in [0.2, 0.25) is 0 Å². The van der Waals surface area contributed by atoms with Crippen molar-refractivity contribution in [2.24, 2.45) is 0 Å². The van der Waals surface area contributed by atoms with Crippen molar-refractivity contribution in [3.63, 3.8) is 0 Å². The summed E-state index contributed by atoms with van der Waals surface area (Å²) in [5.74, 6) is -1.37. The first-order chi connectivity index (χ1) is 14.5. The molecule has 0 aliphatic heterocycles. The first kappa shape index (κ1) is 21.0. The van der Waals surface area contributed by atoms with Crippen molar-refractivity contribution >= 4 is 29.2 Å². The number of nitro benzene ring substituents is 1. The summed E-state index contributed by atoms with van der Waals surface area (Å²) in [6.07, 6.45) is 0. The third kappa shape index (κ3) is 5.21. The summed E-state index contributed by atoms with van der Waals surface area (Å²) in [7, 11) is 0. The minimum Gasteiger partial charge on any atom is -0.452 e. The van der Waals surface area contributed by atoms with Crippen molar-refractivity contribution in [1.29, 1.82) is 0 Å². The Kier molecular flexibility index (Phi) is 6.77. The molecular formula is C22H17ClN2O5. The molecule has 30 heavy (non-hydrogen) atoms. The summed E-state index contributed by atoms with van der Waals surface area (Å²) in [5, 5.41) is 13.7. The first-order valence-corrected chi connectivity index (χ1v) is 9.34. The van der Waals surface area contributed by atoms with Gasteiger partial charge < -0.3 is 10.1 Å². The highest BCUT2D eigenvalue weighted by Crippen LogP contribution is 2.25. The van der Waals surface area contributed by atoms with Crippen LogP contribution in [-0.4, -0.2) is 23.4 Å². The zero-order valence-electron chi connectivity index (χ0n) is 15.7. The van der Waals surface area contributed by atoms with Crippen LogP contribution >= 0.6 is 11.6 Å². The zero-order chi connectivity index (χ0) is 21.5. The van der Waals surface area contributed by atoms with Crippen molar-refractivity contribution in [1.82, 2.24) is 5.32 Å². The van der Waals surface area contributed by atoms with Gasteiger partial charge in [0, 0.05) is 6.07 Å². The number of rotatable bonds is 7. The Morgan fingerprint density at radius 1 is 0.967 bits per heavy atom. The van der Waals surface area contributed by atoms with Crippen LogP contribution in [0.15, 0.2) is 78.9 Å². The maximum atomic E-state index is 12.4. The Bertz CT molecular complexity index is 1020. The first-order valence-electron chi connectivity index (χ1n) is 8.96. The number of nitrogens with one attached hydrogen (secondary N) is 1. The van der Waals surface area contributed by atoms with Crippen LogP contribution in [0.4, 0.5) is 5.69 Å². The third-order valence-corrected chi connectivity index (χ3v) is 4.60. The molecule has 0 saturated heterocycles. The highest BCUT2D eigenvalue weighted by atomic mass is 35.5. The number of nitrogens with zero attached hydrogens (tertiary/aromatic N) is 1. The summed E-state index contributed by atoms with van der Waals surface area (Å²) in [4.78, 5) is 34.9. The Hall–Kier alpha value is -3.71. The van der Waals surface area contributed by atoms with E-state index in [4.69, 9.17) is 16.3 Å². The summed E-state index contributed by atoms with van der Waals surface area (Å²) in [5.41, 5.74) is 1.26. The van der Waals surface area contributed by atoms with Gasteiger partial charge in [-0.2, -0.15) is 0 Å². The maximum Gasteiger partial charge on any atom is 0.338 e. The van der Waals surface area contributed by atoms with Gasteiger partial charge in [0.25, 0.3) is 11.6 Å². The SMILES string of the molecule is O=C(COC(=O)c1ccc(Cl)c([N+](=O)[O-])c1)NC(c1ccccc1)c1ccccc1. The zero-order valence-corrected chi connectivity index (χ0v) is 16.4. The third-order valence-electron chi connectivity index (χ3n) is 4.28. The second-order valence-corrected chi connectivity index (χ2v) is 6.73. The van der Waals surface area contributed by atoms with Gasteiger partial charge >= 0.3 is 5.97 Å². The molecule has 0 atom stereocenters. The molecular weight excluding hydrogens is 408 g/mol. The molecule has 0 aliphatic carbocycles. The normalized spacial score (nSPS) is 10.5. The van der Waals surface area contributed by atoms with Gasteiger partial charge in [-0.1, -0.05) is 72.3 Å². The number of benzene rings is 3. The molecule has 152 valence electrons. The minimum atomic E-state index is -0.860. The molecule has 0 aliphatic rings. The van der Waals surface area contributed by atoms with E-state index in [0.717, 1.165) is 17.2 Å². The fourth-order valence-corrected chi connectivity index (χ4v) is 3.03. The average molecular weight is 425 g/mol. The second-order valence-electron chi connectivity index (χ2n) is 6.32. The molecule has 8 heteroatoms. The number of esters is 1. The minimum absolute atomic E-state index is 0.0680. The van der Waals surface area contributed by atoms with Crippen LogP contribution in [0, 0.1) is 10.1 Å². The number of ether oxygens (including phenoxy) is 1. The second kappa shape index (κ2) is 9.67. The number of nitro groups is 1. The maximum absolute atomic E-state index is 12.4. The lowest BCUT2D eigenvalue weighted by molar-refractivity contribution is -0.384. The molecule has 3 rings (SSSR count). The van der Waals surface area contributed by atoms with Crippen molar-refractivity contribution in [2.45, 2.75) is 6.04 Å². The van der Waals surface area contributed by atoms with Gasteiger partial charge in [-0.15, -0.1) is 0 Å². The average Bonchev–Trinajstić information content (AvgIpc) is 2.77. The smallest absolute Gasteiger partial charge is 0.338 e. The van der Waals surface area contributed by atoms with Crippen molar-refractivity contribution in [3.05, 3.63) is 111 Å². The van der Waals surface area contributed by atoms with E-state index in [2.05, 4.69) is 5.32 Å². The number of carbonyl (C=O) groups is 2. The van der Waals surface area contributed by atoms with Crippen LogP contribution in [0.2, 0.25) is 5.02 Å². The largest absolute Gasteiger partial charge is 0.452 e. The Morgan fingerprint density at radius 2 is 1.53 bits per heavy atom. The van der Waals surface area contributed by atoms with Crippen LogP contribution in [0.5, 0.6) is 0 Å². The van der Waals surface area contributed by atoms with Gasteiger partial charge in [0.15, 0.2) is 6.61 Å². The van der Waals surface area contributed by atoms with E-state index in [9.17, 15) is 19.7 Å². The van der Waals surface area contributed by atoms with Crippen LogP contribution < -0.4 is 5.32 Å². The highest BCUT2D eigenvalue weighted by Gasteiger charge is 2.20. The van der Waals surface area contributed by atoms with Gasteiger partial charge in [0.05, 0.1) is 16.5 Å².